The first-order chi connectivity index (χ1) is 10.2. The van der Waals surface area contributed by atoms with Crippen LogP contribution in [0.3, 0.4) is 0 Å². The molecule has 0 radical (unpaired) electrons. The Morgan fingerprint density at radius 3 is 2.62 bits per heavy atom. The summed E-state index contributed by atoms with van der Waals surface area (Å²) < 4.78 is 5.39. The number of halogens is 1. The number of anilines is 1. The molecule has 0 fully saturated rings. The van der Waals surface area contributed by atoms with Crippen molar-refractivity contribution in [3.8, 4) is 5.75 Å². The van der Waals surface area contributed by atoms with Gasteiger partial charge in [-0.3, -0.25) is 0 Å². The van der Waals surface area contributed by atoms with Gasteiger partial charge in [0.05, 0.1) is 6.61 Å². The van der Waals surface area contributed by atoms with E-state index in [0.717, 1.165) is 22.0 Å². The van der Waals surface area contributed by atoms with Gasteiger partial charge >= 0.3 is 0 Å². The molecule has 2 N–H and O–H groups in total. The lowest BCUT2D eigenvalue weighted by Crippen LogP contribution is -2.27. The fourth-order valence-corrected chi connectivity index (χ4v) is 2.21. The normalized spacial score (nSPS) is 10.0. The van der Waals surface area contributed by atoms with Crippen molar-refractivity contribution in [2.45, 2.75) is 13.5 Å². The predicted octanol–water partition coefficient (Wildman–Crippen LogP) is 4.23. The van der Waals surface area contributed by atoms with E-state index in [4.69, 9.17) is 28.6 Å². The predicted molar refractivity (Wildman–Crippen MR) is 92.1 cm³/mol. The Morgan fingerprint density at radius 2 is 1.95 bits per heavy atom. The second-order valence-corrected chi connectivity index (χ2v) is 5.24. The highest BCUT2D eigenvalue weighted by molar-refractivity contribution is 7.80. The molecular weight excluding hydrogens is 304 g/mol. The molecule has 2 aromatic rings. The average molecular weight is 321 g/mol. The lowest BCUT2D eigenvalue weighted by Gasteiger charge is -2.11. The van der Waals surface area contributed by atoms with Crippen molar-refractivity contribution in [3.63, 3.8) is 0 Å². The highest BCUT2D eigenvalue weighted by Gasteiger charge is 1.99. The third-order valence-corrected chi connectivity index (χ3v) is 3.25. The molecule has 0 aliphatic rings. The molecule has 0 spiro atoms. The zero-order valence-electron chi connectivity index (χ0n) is 11.7. The van der Waals surface area contributed by atoms with Crippen molar-refractivity contribution in [2.24, 2.45) is 0 Å². The van der Waals surface area contributed by atoms with Gasteiger partial charge in [0, 0.05) is 17.3 Å². The van der Waals surface area contributed by atoms with Crippen LogP contribution in [0.2, 0.25) is 5.02 Å². The Kier molecular flexibility index (Phi) is 5.84. The summed E-state index contributed by atoms with van der Waals surface area (Å²) in [7, 11) is 0. The van der Waals surface area contributed by atoms with E-state index >= 15 is 0 Å². The monoisotopic (exact) mass is 320 g/mol. The van der Waals surface area contributed by atoms with Crippen LogP contribution in [0.15, 0.2) is 48.5 Å². The standard InChI is InChI=1S/C16H17ClN2OS/c1-2-20-15-8-6-14(7-9-15)19-16(21)18-11-12-4-3-5-13(17)10-12/h3-10H,2,11H2,1H3,(H2,18,19,21). The molecule has 0 bridgehead atoms. The van der Waals surface area contributed by atoms with Crippen molar-refractivity contribution in [3.05, 3.63) is 59.1 Å². The maximum absolute atomic E-state index is 5.94. The Balaban J connectivity index is 1.84. The van der Waals surface area contributed by atoms with Crippen LogP contribution in [0.4, 0.5) is 5.69 Å². The molecule has 0 aliphatic heterocycles. The number of ether oxygens (including phenoxy) is 1. The van der Waals surface area contributed by atoms with Gasteiger partial charge in [-0.25, -0.2) is 0 Å². The Bertz CT molecular complexity index is 601. The first kappa shape index (κ1) is 15.6. The third kappa shape index (κ3) is 5.25. The topological polar surface area (TPSA) is 33.3 Å². The van der Waals surface area contributed by atoms with Crippen molar-refractivity contribution in [1.29, 1.82) is 0 Å². The first-order valence-corrected chi connectivity index (χ1v) is 7.48. The van der Waals surface area contributed by atoms with Crippen LogP contribution in [0.1, 0.15) is 12.5 Å². The van der Waals surface area contributed by atoms with Crippen LogP contribution in [-0.2, 0) is 6.54 Å². The Morgan fingerprint density at radius 1 is 1.19 bits per heavy atom. The number of hydrogen-bond donors (Lipinski definition) is 2. The SMILES string of the molecule is CCOc1ccc(NC(=S)NCc2cccc(Cl)c2)cc1. The highest BCUT2D eigenvalue weighted by Crippen LogP contribution is 2.15. The van der Waals surface area contributed by atoms with E-state index in [0.29, 0.717) is 18.3 Å². The number of hydrogen-bond acceptors (Lipinski definition) is 2. The molecule has 3 nitrogen and oxygen atoms in total. The molecule has 0 atom stereocenters. The lowest BCUT2D eigenvalue weighted by molar-refractivity contribution is 0.340. The van der Waals surface area contributed by atoms with Crippen LogP contribution in [0, 0.1) is 0 Å². The van der Waals surface area contributed by atoms with E-state index in [1.54, 1.807) is 0 Å². The Hall–Kier alpha value is -1.78. The molecule has 0 heterocycles. The summed E-state index contributed by atoms with van der Waals surface area (Å²) in [6, 6.07) is 15.4. The minimum atomic E-state index is 0.569. The zero-order chi connectivity index (χ0) is 15.1. The third-order valence-electron chi connectivity index (χ3n) is 2.77. The smallest absolute Gasteiger partial charge is 0.171 e. The van der Waals surface area contributed by atoms with Crippen molar-refractivity contribution < 1.29 is 4.74 Å². The largest absolute Gasteiger partial charge is 0.494 e. The van der Waals surface area contributed by atoms with Gasteiger partial charge in [-0.1, -0.05) is 23.7 Å². The molecule has 0 saturated heterocycles. The fourth-order valence-electron chi connectivity index (χ4n) is 1.81. The summed E-state index contributed by atoms with van der Waals surface area (Å²) in [5.74, 6) is 0.848. The van der Waals surface area contributed by atoms with Crippen LogP contribution < -0.4 is 15.4 Å². The van der Waals surface area contributed by atoms with Gasteiger partial charge < -0.3 is 15.4 Å². The van der Waals surface area contributed by atoms with E-state index in [1.807, 2.05) is 55.5 Å². The number of thiocarbonyl (C=S) groups is 1. The van der Waals surface area contributed by atoms with Crippen LogP contribution in [-0.4, -0.2) is 11.7 Å². The molecule has 2 aromatic carbocycles. The second-order valence-electron chi connectivity index (χ2n) is 4.39. The van der Waals surface area contributed by atoms with Gasteiger partial charge in [0.2, 0.25) is 0 Å². The van der Waals surface area contributed by atoms with Crippen molar-refractivity contribution in [2.75, 3.05) is 11.9 Å². The molecule has 21 heavy (non-hydrogen) atoms. The van der Waals surface area contributed by atoms with Crippen molar-refractivity contribution >= 4 is 34.6 Å². The zero-order valence-corrected chi connectivity index (χ0v) is 13.3. The van der Waals surface area contributed by atoms with Crippen molar-refractivity contribution in [1.82, 2.24) is 5.32 Å². The molecule has 110 valence electrons. The maximum atomic E-state index is 5.94. The van der Waals surface area contributed by atoms with Gasteiger partial charge in [0.1, 0.15) is 5.75 Å². The van der Waals surface area contributed by atoms with E-state index in [2.05, 4.69) is 10.6 Å². The van der Waals surface area contributed by atoms with E-state index < -0.39 is 0 Å². The number of rotatable bonds is 5. The van der Waals surface area contributed by atoms with E-state index in [1.165, 1.54) is 0 Å². The van der Waals surface area contributed by atoms with Crippen LogP contribution >= 0.6 is 23.8 Å². The fraction of sp³-hybridized carbons (Fsp3) is 0.188. The minimum absolute atomic E-state index is 0.569. The summed E-state index contributed by atoms with van der Waals surface area (Å²) in [6.07, 6.45) is 0. The molecule has 0 unspecified atom stereocenters. The molecule has 0 aromatic heterocycles. The molecule has 0 aliphatic carbocycles. The van der Waals surface area contributed by atoms with E-state index in [-0.39, 0.29) is 0 Å². The summed E-state index contributed by atoms with van der Waals surface area (Å²) in [6.45, 7) is 3.25. The summed E-state index contributed by atoms with van der Waals surface area (Å²) in [5, 5.41) is 7.56. The molecule has 5 heteroatoms. The van der Waals surface area contributed by atoms with E-state index in [9.17, 15) is 0 Å². The second kappa shape index (κ2) is 7.86. The Labute approximate surface area is 135 Å². The average Bonchev–Trinajstić information content (AvgIpc) is 2.48. The number of benzene rings is 2. The quantitative estimate of drug-likeness (QED) is 0.808. The molecule has 0 amide bonds. The van der Waals surface area contributed by atoms with Gasteiger partial charge in [0.15, 0.2) is 5.11 Å². The molecule has 0 saturated carbocycles. The molecular formula is C16H17ClN2OS. The maximum Gasteiger partial charge on any atom is 0.171 e. The van der Waals surface area contributed by atoms with Gasteiger partial charge in [0.25, 0.3) is 0 Å². The van der Waals surface area contributed by atoms with Crippen LogP contribution in [0.25, 0.3) is 0 Å². The summed E-state index contributed by atoms with van der Waals surface area (Å²) in [5.41, 5.74) is 2.00. The lowest BCUT2D eigenvalue weighted by atomic mass is 10.2. The van der Waals surface area contributed by atoms with Gasteiger partial charge in [-0.2, -0.15) is 0 Å². The highest BCUT2D eigenvalue weighted by atomic mass is 35.5. The van der Waals surface area contributed by atoms with Gasteiger partial charge in [-0.05, 0) is 61.1 Å². The minimum Gasteiger partial charge on any atom is -0.494 e. The summed E-state index contributed by atoms with van der Waals surface area (Å²) >= 11 is 11.2. The number of nitrogens with one attached hydrogen (secondary N) is 2. The molecule has 2 rings (SSSR count). The van der Waals surface area contributed by atoms with Crippen LogP contribution in [0.5, 0.6) is 5.75 Å². The summed E-state index contributed by atoms with van der Waals surface area (Å²) in [4.78, 5) is 0. The van der Waals surface area contributed by atoms with Gasteiger partial charge in [-0.15, -0.1) is 0 Å². The first-order valence-electron chi connectivity index (χ1n) is 6.69.